The van der Waals surface area contributed by atoms with E-state index in [2.05, 4.69) is 15.2 Å². The predicted molar refractivity (Wildman–Crippen MR) is 83.3 cm³/mol. The van der Waals surface area contributed by atoms with Crippen molar-refractivity contribution in [1.82, 2.24) is 4.98 Å². The van der Waals surface area contributed by atoms with Crippen LogP contribution in [0, 0.1) is 5.92 Å². The Morgan fingerprint density at radius 3 is 2.71 bits per heavy atom. The molecule has 1 atom stereocenters. The number of pyridine rings is 1. The molecule has 1 saturated heterocycles. The van der Waals surface area contributed by atoms with Crippen LogP contribution in [0.25, 0.3) is 0 Å². The van der Waals surface area contributed by atoms with E-state index in [1.54, 1.807) is 6.20 Å². The number of nitrogens with two attached hydrogens (primary N) is 1. The number of nitrogens with one attached hydrogen (secondary N) is 1. The molecule has 116 valence electrons. The van der Waals surface area contributed by atoms with E-state index in [9.17, 15) is 4.79 Å². The molecule has 2 heterocycles. The number of hydrogen-bond donors (Lipinski definition) is 2. The maximum Gasteiger partial charge on any atom is 0.242 e. The molecule has 0 bridgehead atoms. The molecule has 1 aromatic rings. The molecular formula is C15H24N4O2. The number of hydrogen-bond acceptors (Lipinski definition) is 5. The highest BCUT2D eigenvalue weighted by Crippen LogP contribution is 2.16. The topological polar surface area (TPSA) is 80.5 Å². The van der Waals surface area contributed by atoms with E-state index in [1.807, 2.05) is 26.0 Å². The van der Waals surface area contributed by atoms with E-state index >= 15 is 0 Å². The predicted octanol–water partition coefficient (Wildman–Crippen LogP) is 1.23. The number of nitrogens with zero attached hydrogens (tertiary/aromatic N) is 2. The number of ether oxygens (including phenoxy) is 1. The Labute approximate surface area is 125 Å². The molecule has 2 rings (SSSR count). The van der Waals surface area contributed by atoms with Crippen LogP contribution >= 0.6 is 0 Å². The van der Waals surface area contributed by atoms with E-state index in [0.29, 0.717) is 18.2 Å². The summed E-state index contributed by atoms with van der Waals surface area (Å²) >= 11 is 0. The molecule has 0 aliphatic carbocycles. The Morgan fingerprint density at radius 2 is 2.14 bits per heavy atom. The summed E-state index contributed by atoms with van der Waals surface area (Å²) in [5.41, 5.74) is 6.90. The summed E-state index contributed by atoms with van der Waals surface area (Å²) in [4.78, 5) is 18.4. The van der Waals surface area contributed by atoms with E-state index in [-0.39, 0.29) is 5.91 Å². The minimum Gasteiger partial charge on any atom is -0.378 e. The average Bonchev–Trinajstić information content (AvgIpc) is 2.48. The Hall–Kier alpha value is -1.66. The van der Waals surface area contributed by atoms with Crippen LogP contribution in [0.5, 0.6) is 0 Å². The summed E-state index contributed by atoms with van der Waals surface area (Å²) in [6, 6.07) is 3.28. The molecule has 0 radical (unpaired) electrons. The number of amides is 1. The highest BCUT2D eigenvalue weighted by atomic mass is 16.5. The van der Waals surface area contributed by atoms with Crippen LogP contribution in [0.3, 0.4) is 0 Å². The lowest BCUT2D eigenvalue weighted by Gasteiger charge is -2.28. The number of rotatable bonds is 5. The van der Waals surface area contributed by atoms with Crippen molar-refractivity contribution in [3.8, 4) is 0 Å². The van der Waals surface area contributed by atoms with Gasteiger partial charge in [-0.2, -0.15) is 0 Å². The van der Waals surface area contributed by atoms with Crippen LogP contribution in [0.2, 0.25) is 0 Å². The summed E-state index contributed by atoms with van der Waals surface area (Å²) in [5, 5.41) is 2.76. The van der Waals surface area contributed by atoms with Crippen molar-refractivity contribution >= 4 is 17.4 Å². The third-order valence-electron chi connectivity index (χ3n) is 3.44. The number of morpholine rings is 1. The van der Waals surface area contributed by atoms with Crippen molar-refractivity contribution in [3.63, 3.8) is 0 Å². The van der Waals surface area contributed by atoms with Gasteiger partial charge in [0.2, 0.25) is 5.91 Å². The van der Waals surface area contributed by atoms with Crippen molar-refractivity contribution in [2.24, 2.45) is 11.7 Å². The lowest BCUT2D eigenvalue weighted by Crippen LogP contribution is -2.37. The van der Waals surface area contributed by atoms with Crippen LogP contribution in [-0.2, 0) is 9.53 Å². The molecule has 1 aliphatic heterocycles. The minimum atomic E-state index is -0.495. The summed E-state index contributed by atoms with van der Waals surface area (Å²) in [7, 11) is 0. The Kier molecular flexibility index (Phi) is 5.52. The van der Waals surface area contributed by atoms with Gasteiger partial charge in [-0.3, -0.25) is 4.79 Å². The maximum absolute atomic E-state index is 11.9. The van der Waals surface area contributed by atoms with Gasteiger partial charge in [0.1, 0.15) is 5.82 Å². The van der Waals surface area contributed by atoms with Gasteiger partial charge in [0, 0.05) is 13.1 Å². The van der Waals surface area contributed by atoms with Crippen LogP contribution < -0.4 is 16.0 Å². The fourth-order valence-electron chi connectivity index (χ4n) is 2.30. The lowest BCUT2D eigenvalue weighted by atomic mass is 10.0. The van der Waals surface area contributed by atoms with Gasteiger partial charge in [0.25, 0.3) is 0 Å². The first kappa shape index (κ1) is 15.7. The fourth-order valence-corrected chi connectivity index (χ4v) is 2.30. The second kappa shape index (κ2) is 7.38. The zero-order chi connectivity index (χ0) is 15.2. The average molecular weight is 292 g/mol. The fraction of sp³-hybridized carbons (Fsp3) is 0.600. The number of anilines is 2. The van der Waals surface area contributed by atoms with Gasteiger partial charge in [-0.1, -0.05) is 13.8 Å². The Balaban J connectivity index is 1.91. The first-order valence-corrected chi connectivity index (χ1v) is 7.41. The van der Waals surface area contributed by atoms with Crippen LogP contribution in [-0.4, -0.2) is 43.2 Å². The van der Waals surface area contributed by atoms with Gasteiger partial charge in [-0.05, 0) is 24.5 Å². The summed E-state index contributed by atoms with van der Waals surface area (Å²) in [5.74, 6) is 0.744. The molecule has 1 fully saturated rings. The second-order valence-corrected chi connectivity index (χ2v) is 5.73. The van der Waals surface area contributed by atoms with Crippen molar-refractivity contribution < 1.29 is 9.53 Å². The first-order valence-electron chi connectivity index (χ1n) is 7.41. The second-order valence-electron chi connectivity index (χ2n) is 5.73. The standard InChI is InChI=1S/C15H24N4O2/c1-11(2)9-13(16)15(20)18-14-4-3-12(10-17-14)19-5-7-21-8-6-19/h3-4,10-11,13H,5-9,16H2,1-2H3,(H,17,18,20)/t13-/m0/s1. The smallest absolute Gasteiger partial charge is 0.242 e. The molecule has 3 N–H and O–H groups in total. The number of carbonyl (C=O) groups excluding carboxylic acids is 1. The van der Waals surface area contributed by atoms with E-state index in [4.69, 9.17) is 10.5 Å². The quantitative estimate of drug-likeness (QED) is 0.853. The van der Waals surface area contributed by atoms with Crippen LogP contribution in [0.1, 0.15) is 20.3 Å². The molecule has 0 spiro atoms. The molecule has 1 aromatic heterocycles. The van der Waals surface area contributed by atoms with Gasteiger partial charge < -0.3 is 20.7 Å². The van der Waals surface area contributed by atoms with E-state index in [1.165, 1.54) is 0 Å². The molecule has 0 saturated carbocycles. The van der Waals surface area contributed by atoms with Crippen LogP contribution in [0.15, 0.2) is 18.3 Å². The van der Waals surface area contributed by atoms with E-state index in [0.717, 1.165) is 32.0 Å². The summed E-state index contributed by atoms with van der Waals surface area (Å²) < 4.78 is 5.32. The molecule has 1 aliphatic rings. The molecule has 21 heavy (non-hydrogen) atoms. The van der Waals surface area contributed by atoms with Gasteiger partial charge in [0.05, 0.1) is 31.1 Å². The van der Waals surface area contributed by atoms with Crippen molar-refractivity contribution in [3.05, 3.63) is 18.3 Å². The summed E-state index contributed by atoms with van der Waals surface area (Å²) in [6.45, 7) is 7.30. The van der Waals surface area contributed by atoms with Crippen molar-refractivity contribution in [2.45, 2.75) is 26.3 Å². The van der Waals surface area contributed by atoms with Gasteiger partial charge >= 0.3 is 0 Å². The van der Waals surface area contributed by atoms with Gasteiger partial charge in [0.15, 0.2) is 0 Å². The SMILES string of the molecule is CC(C)C[C@H](N)C(=O)Nc1ccc(N2CCOCC2)cn1. The lowest BCUT2D eigenvalue weighted by molar-refractivity contribution is -0.117. The largest absolute Gasteiger partial charge is 0.378 e. The zero-order valence-corrected chi connectivity index (χ0v) is 12.7. The Morgan fingerprint density at radius 1 is 1.43 bits per heavy atom. The third-order valence-corrected chi connectivity index (χ3v) is 3.44. The molecule has 0 unspecified atom stereocenters. The monoisotopic (exact) mass is 292 g/mol. The first-order chi connectivity index (χ1) is 10.1. The number of carbonyl (C=O) groups is 1. The molecule has 6 nitrogen and oxygen atoms in total. The highest BCUT2D eigenvalue weighted by molar-refractivity contribution is 5.93. The molecular weight excluding hydrogens is 268 g/mol. The van der Waals surface area contributed by atoms with Crippen molar-refractivity contribution in [2.75, 3.05) is 36.5 Å². The summed E-state index contributed by atoms with van der Waals surface area (Å²) in [6.07, 6.45) is 2.44. The Bertz CT molecular complexity index is 455. The number of aromatic nitrogens is 1. The maximum atomic E-state index is 11.9. The molecule has 6 heteroatoms. The van der Waals surface area contributed by atoms with E-state index < -0.39 is 6.04 Å². The van der Waals surface area contributed by atoms with Crippen molar-refractivity contribution in [1.29, 1.82) is 0 Å². The zero-order valence-electron chi connectivity index (χ0n) is 12.7. The van der Waals surface area contributed by atoms with Gasteiger partial charge in [-0.15, -0.1) is 0 Å². The van der Waals surface area contributed by atoms with Gasteiger partial charge in [-0.25, -0.2) is 4.98 Å². The normalized spacial score (nSPS) is 16.9. The highest BCUT2D eigenvalue weighted by Gasteiger charge is 2.16. The molecule has 0 aromatic carbocycles. The minimum absolute atomic E-state index is 0.185. The third kappa shape index (κ3) is 4.68. The molecule has 1 amide bonds. The van der Waals surface area contributed by atoms with Crippen LogP contribution in [0.4, 0.5) is 11.5 Å².